The Labute approximate surface area is 108 Å². The second-order valence-electron chi connectivity index (χ2n) is 4.74. The number of benzene rings is 1. The van der Waals surface area contributed by atoms with Crippen molar-refractivity contribution in [1.29, 1.82) is 0 Å². The first kappa shape index (κ1) is 12.9. The van der Waals surface area contributed by atoms with Crippen LogP contribution in [0.15, 0.2) is 24.3 Å². The van der Waals surface area contributed by atoms with E-state index in [0.717, 1.165) is 37.2 Å². The number of anilines is 1. The van der Waals surface area contributed by atoms with Crippen molar-refractivity contribution < 1.29 is 9.90 Å². The molecule has 4 nitrogen and oxygen atoms in total. The maximum Gasteiger partial charge on any atom is 0.219 e. The molecule has 1 aromatic carbocycles. The molecule has 1 fully saturated rings. The van der Waals surface area contributed by atoms with Crippen LogP contribution in [-0.4, -0.2) is 35.0 Å². The molecule has 0 bridgehead atoms. The normalized spacial score (nSPS) is 16.7. The van der Waals surface area contributed by atoms with Crippen molar-refractivity contribution in [3.8, 4) is 0 Å². The second-order valence-corrected chi connectivity index (χ2v) is 4.74. The van der Waals surface area contributed by atoms with Gasteiger partial charge in [0.05, 0.1) is 6.61 Å². The van der Waals surface area contributed by atoms with Crippen molar-refractivity contribution in [3.05, 3.63) is 29.8 Å². The highest BCUT2D eigenvalue weighted by Crippen LogP contribution is 2.20. The average Bonchev–Trinajstić information content (AvgIpc) is 2.40. The fourth-order valence-electron chi connectivity index (χ4n) is 2.36. The molecule has 98 valence electrons. The highest BCUT2D eigenvalue weighted by atomic mass is 16.3. The first-order valence-corrected chi connectivity index (χ1v) is 6.41. The number of hydrogen-bond donors (Lipinski definition) is 2. The van der Waals surface area contributed by atoms with Crippen molar-refractivity contribution in [2.45, 2.75) is 32.4 Å². The number of nitrogens with one attached hydrogen (secondary N) is 1. The lowest BCUT2D eigenvalue weighted by Crippen LogP contribution is -2.41. The van der Waals surface area contributed by atoms with Crippen LogP contribution in [0.25, 0.3) is 0 Å². The molecule has 0 spiro atoms. The van der Waals surface area contributed by atoms with Crippen molar-refractivity contribution in [3.63, 3.8) is 0 Å². The van der Waals surface area contributed by atoms with Gasteiger partial charge in [-0.25, -0.2) is 0 Å². The minimum Gasteiger partial charge on any atom is -0.392 e. The SMILES string of the molecule is CC(=O)N1CCC(Nc2ccccc2CO)CC1. The summed E-state index contributed by atoms with van der Waals surface area (Å²) in [6, 6.07) is 8.19. The van der Waals surface area contributed by atoms with Gasteiger partial charge in [-0.05, 0) is 18.9 Å². The highest BCUT2D eigenvalue weighted by Gasteiger charge is 2.20. The van der Waals surface area contributed by atoms with E-state index >= 15 is 0 Å². The Hall–Kier alpha value is -1.55. The summed E-state index contributed by atoms with van der Waals surface area (Å²) < 4.78 is 0. The molecule has 0 saturated carbocycles. The van der Waals surface area contributed by atoms with E-state index in [1.807, 2.05) is 29.2 Å². The van der Waals surface area contributed by atoms with E-state index < -0.39 is 0 Å². The zero-order chi connectivity index (χ0) is 13.0. The number of para-hydroxylation sites is 1. The van der Waals surface area contributed by atoms with Gasteiger partial charge in [-0.2, -0.15) is 0 Å². The van der Waals surface area contributed by atoms with Crippen LogP contribution in [0.3, 0.4) is 0 Å². The third-order valence-corrected chi connectivity index (χ3v) is 3.49. The van der Waals surface area contributed by atoms with Gasteiger partial charge >= 0.3 is 0 Å². The summed E-state index contributed by atoms with van der Waals surface area (Å²) in [6.07, 6.45) is 1.92. The zero-order valence-electron chi connectivity index (χ0n) is 10.7. The molecule has 0 unspecified atom stereocenters. The lowest BCUT2D eigenvalue weighted by atomic mass is 10.0. The summed E-state index contributed by atoms with van der Waals surface area (Å²) in [5.41, 5.74) is 1.92. The monoisotopic (exact) mass is 248 g/mol. The number of carbonyl (C=O) groups is 1. The molecular formula is C14H20N2O2. The number of piperidine rings is 1. The van der Waals surface area contributed by atoms with Crippen molar-refractivity contribution in [2.75, 3.05) is 18.4 Å². The van der Waals surface area contributed by atoms with Crippen LogP contribution in [0.5, 0.6) is 0 Å². The quantitative estimate of drug-likeness (QED) is 0.854. The third kappa shape index (κ3) is 3.01. The Morgan fingerprint density at radius 2 is 2.06 bits per heavy atom. The van der Waals surface area contributed by atoms with Gasteiger partial charge in [0, 0.05) is 37.3 Å². The fraction of sp³-hybridized carbons (Fsp3) is 0.500. The maximum absolute atomic E-state index is 11.2. The summed E-state index contributed by atoms with van der Waals surface area (Å²) >= 11 is 0. The van der Waals surface area contributed by atoms with E-state index in [1.165, 1.54) is 0 Å². The average molecular weight is 248 g/mol. The lowest BCUT2D eigenvalue weighted by molar-refractivity contribution is -0.129. The summed E-state index contributed by atoms with van der Waals surface area (Å²) in [5, 5.41) is 12.7. The largest absolute Gasteiger partial charge is 0.392 e. The van der Waals surface area contributed by atoms with Gasteiger partial charge in [0.25, 0.3) is 0 Å². The van der Waals surface area contributed by atoms with E-state index in [-0.39, 0.29) is 12.5 Å². The highest BCUT2D eigenvalue weighted by molar-refractivity contribution is 5.73. The molecule has 2 rings (SSSR count). The fourth-order valence-corrected chi connectivity index (χ4v) is 2.36. The second kappa shape index (κ2) is 5.87. The number of rotatable bonds is 3. The molecule has 4 heteroatoms. The molecule has 0 atom stereocenters. The van der Waals surface area contributed by atoms with Crippen molar-refractivity contribution in [1.82, 2.24) is 4.90 Å². The van der Waals surface area contributed by atoms with Gasteiger partial charge in [-0.3, -0.25) is 4.79 Å². The molecule has 1 aromatic rings. The van der Waals surface area contributed by atoms with E-state index in [1.54, 1.807) is 6.92 Å². The summed E-state index contributed by atoms with van der Waals surface area (Å²) in [5.74, 6) is 0.157. The number of aliphatic hydroxyl groups excluding tert-OH is 1. The van der Waals surface area contributed by atoms with E-state index in [9.17, 15) is 9.90 Å². The minimum absolute atomic E-state index is 0.0511. The molecule has 0 aromatic heterocycles. The molecule has 1 heterocycles. The molecule has 2 N–H and O–H groups in total. The van der Waals surface area contributed by atoms with Crippen LogP contribution in [0.1, 0.15) is 25.3 Å². The molecule has 0 radical (unpaired) electrons. The van der Waals surface area contributed by atoms with Gasteiger partial charge in [0.2, 0.25) is 5.91 Å². The zero-order valence-corrected chi connectivity index (χ0v) is 10.7. The number of amides is 1. The van der Waals surface area contributed by atoms with Crippen LogP contribution >= 0.6 is 0 Å². The Bertz CT molecular complexity index is 412. The van der Waals surface area contributed by atoms with E-state index in [4.69, 9.17) is 0 Å². The number of aliphatic hydroxyl groups is 1. The Morgan fingerprint density at radius 3 is 2.67 bits per heavy atom. The van der Waals surface area contributed by atoms with Gasteiger partial charge in [-0.15, -0.1) is 0 Å². The predicted octanol–water partition coefficient (Wildman–Crippen LogP) is 1.60. The molecule has 0 aliphatic carbocycles. The van der Waals surface area contributed by atoms with E-state index in [2.05, 4.69) is 5.32 Å². The Morgan fingerprint density at radius 1 is 1.39 bits per heavy atom. The van der Waals surface area contributed by atoms with Gasteiger partial charge in [0.1, 0.15) is 0 Å². The van der Waals surface area contributed by atoms with Crippen LogP contribution in [0.2, 0.25) is 0 Å². The number of carbonyl (C=O) groups excluding carboxylic acids is 1. The summed E-state index contributed by atoms with van der Waals surface area (Å²) in [7, 11) is 0. The molecule has 1 amide bonds. The number of likely N-dealkylation sites (tertiary alicyclic amines) is 1. The number of nitrogens with zero attached hydrogens (tertiary/aromatic N) is 1. The predicted molar refractivity (Wildman–Crippen MR) is 71.3 cm³/mol. The lowest BCUT2D eigenvalue weighted by Gasteiger charge is -2.32. The summed E-state index contributed by atoms with van der Waals surface area (Å²) in [4.78, 5) is 13.1. The van der Waals surface area contributed by atoms with Crippen molar-refractivity contribution >= 4 is 11.6 Å². The first-order valence-electron chi connectivity index (χ1n) is 6.41. The van der Waals surface area contributed by atoms with E-state index in [0.29, 0.717) is 6.04 Å². The van der Waals surface area contributed by atoms with Gasteiger partial charge < -0.3 is 15.3 Å². The Balaban J connectivity index is 1.93. The van der Waals surface area contributed by atoms with Crippen LogP contribution in [0, 0.1) is 0 Å². The molecular weight excluding hydrogens is 228 g/mol. The van der Waals surface area contributed by atoms with Gasteiger partial charge in [0.15, 0.2) is 0 Å². The number of hydrogen-bond acceptors (Lipinski definition) is 3. The minimum atomic E-state index is 0.0511. The van der Waals surface area contributed by atoms with Crippen LogP contribution in [0.4, 0.5) is 5.69 Å². The summed E-state index contributed by atoms with van der Waals surface area (Å²) in [6.45, 7) is 3.30. The molecule has 1 saturated heterocycles. The molecule has 1 aliphatic heterocycles. The molecule has 1 aliphatic rings. The topological polar surface area (TPSA) is 52.6 Å². The third-order valence-electron chi connectivity index (χ3n) is 3.49. The van der Waals surface area contributed by atoms with Crippen LogP contribution in [-0.2, 0) is 11.4 Å². The van der Waals surface area contributed by atoms with Gasteiger partial charge in [-0.1, -0.05) is 18.2 Å². The molecule has 18 heavy (non-hydrogen) atoms. The first-order chi connectivity index (χ1) is 8.70. The Kier molecular flexibility index (Phi) is 4.20. The maximum atomic E-state index is 11.2. The van der Waals surface area contributed by atoms with Crippen LogP contribution < -0.4 is 5.32 Å². The van der Waals surface area contributed by atoms with Crippen molar-refractivity contribution in [2.24, 2.45) is 0 Å². The standard InChI is InChI=1S/C14H20N2O2/c1-11(18)16-8-6-13(7-9-16)15-14-5-3-2-4-12(14)10-17/h2-5,13,15,17H,6-10H2,1H3. The smallest absolute Gasteiger partial charge is 0.219 e.